The zero-order valence-electron chi connectivity index (χ0n) is 10.8. The second-order valence-corrected chi connectivity index (χ2v) is 5.68. The summed E-state index contributed by atoms with van der Waals surface area (Å²) in [5, 5.41) is 13.7. The molecule has 2 heterocycles. The number of nitrogens with zero attached hydrogens (tertiary/aromatic N) is 1. The summed E-state index contributed by atoms with van der Waals surface area (Å²) in [5.41, 5.74) is 0. The molecule has 2 atom stereocenters. The van der Waals surface area contributed by atoms with Gasteiger partial charge in [-0.25, -0.2) is 0 Å². The van der Waals surface area contributed by atoms with Crippen LogP contribution in [0.2, 0.25) is 0 Å². The van der Waals surface area contributed by atoms with E-state index in [1.165, 1.54) is 11.3 Å². The summed E-state index contributed by atoms with van der Waals surface area (Å²) in [5.74, 6) is -0.256. The van der Waals surface area contributed by atoms with Gasteiger partial charge in [-0.15, -0.1) is 11.3 Å². The van der Waals surface area contributed by atoms with E-state index >= 15 is 0 Å². The molecule has 5 nitrogen and oxygen atoms in total. The first kappa shape index (κ1) is 14.0. The first-order chi connectivity index (χ1) is 9.09. The Bertz CT molecular complexity index is 445. The average Bonchev–Trinajstić information content (AvgIpc) is 3.05. The minimum absolute atomic E-state index is 0.0790. The fraction of sp³-hybridized carbons (Fsp3) is 0.538. The lowest BCUT2D eigenvalue weighted by atomic mass is 10.2. The van der Waals surface area contributed by atoms with Crippen LogP contribution in [0.4, 0.5) is 0 Å². The summed E-state index contributed by atoms with van der Waals surface area (Å²) in [4.78, 5) is 26.6. The van der Waals surface area contributed by atoms with E-state index in [0.29, 0.717) is 17.8 Å². The molecule has 1 aromatic rings. The second-order valence-electron chi connectivity index (χ2n) is 4.73. The van der Waals surface area contributed by atoms with Crippen molar-refractivity contribution in [1.82, 2.24) is 10.2 Å². The fourth-order valence-corrected chi connectivity index (χ4v) is 2.87. The van der Waals surface area contributed by atoms with Crippen molar-refractivity contribution in [2.75, 3.05) is 13.1 Å². The van der Waals surface area contributed by atoms with E-state index < -0.39 is 12.1 Å². The highest BCUT2D eigenvalue weighted by Crippen LogP contribution is 2.22. The molecule has 0 saturated carbocycles. The molecule has 2 amide bonds. The Balaban J connectivity index is 2.00. The maximum Gasteiger partial charge on any atom is 0.264 e. The number of hydrogen-bond donors (Lipinski definition) is 2. The summed E-state index contributed by atoms with van der Waals surface area (Å²) < 4.78 is 0. The van der Waals surface area contributed by atoms with Crippen LogP contribution in [0.1, 0.15) is 29.4 Å². The highest BCUT2D eigenvalue weighted by molar-refractivity contribution is 7.12. The minimum Gasteiger partial charge on any atom is -0.392 e. The zero-order chi connectivity index (χ0) is 13.8. The molecule has 6 heteroatoms. The summed E-state index contributed by atoms with van der Waals surface area (Å²) in [6.45, 7) is 2.45. The zero-order valence-corrected chi connectivity index (χ0v) is 11.7. The van der Waals surface area contributed by atoms with E-state index in [1.807, 2.05) is 11.4 Å². The molecular formula is C13H18N2O3S. The number of thiophene rings is 1. The molecule has 104 valence electrons. The highest BCUT2D eigenvalue weighted by Gasteiger charge is 2.34. The van der Waals surface area contributed by atoms with Crippen molar-refractivity contribution in [2.24, 2.45) is 0 Å². The lowest BCUT2D eigenvalue weighted by Gasteiger charge is -2.23. The largest absolute Gasteiger partial charge is 0.392 e. The Morgan fingerprint density at radius 1 is 1.63 bits per heavy atom. The molecule has 0 spiro atoms. The van der Waals surface area contributed by atoms with Crippen LogP contribution in [-0.2, 0) is 4.79 Å². The summed E-state index contributed by atoms with van der Waals surface area (Å²) in [6.07, 6.45) is 0.943. The van der Waals surface area contributed by atoms with Crippen LogP contribution in [0.25, 0.3) is 0 Å². The number of carbonyl (C=O) groups excluding carboxylic acids is 2. The van der Waals surface area contributed by atoms with Crippen molar-refractivity contribution in [3.8, 4) is 0 Å². The molecular weight excluding hydrogens is 264 g/mol. The molecule has 2 rings (SSSR count). The molecule has 1 aromatic heterocycles. The van der Waals surface area contributed by atoms with Crippen LogP contribution < -0.4 is 5.32 Å². The Morgan fingerprint density at radius 2 is 2.42 bits per heavy atom. The molecule has 0 bridgehead atoms. The summed E-state index contributed by atoms with van der Waals surface area (Å²) in [6, 6.07) is 3.19. The number of amides is 2. The Hall–Kier alpha value is -1.40. The topological polar surface area (TPSA) is 69.6 Å². The monoisotopic (exact) mass is 282 g/mol. The molecule has 1 fully saturated rings. The van der Waals surface area contributed by atoms with E-state index in [0.717, 1.165) is 6.42 Å². The van der Waals surface area contributed by atoms with E-state index in [-0.39, 0.29) is 18.4 Å². The Morgan fingerprint density at radius 3 is 3.05 bits per heavy atom. The van der Waals surface area contributed by atoms with Gasteiger partial charge in [-0.3, -0.25) is 9.59 Å². The van der Waals surface area contributed by atoms with Crippen LogP contribution in [0, 0.1) is 0 Å². The van der Waals surface area contributed by atoms with Gasteiger partial charge in [-0.1, -0.05) is 6.07 Å². The highest BCUT2D eigenvalue weighted by atomic mass is 32.1. The number of aliphatic hydroxyl groups is 1. The van der Waals surface area contributed by atoms with Gasteiger partial charge in [0.1, 0.15) is 6.04 Å². The van der Waals surface area contributed by atoms with E-state index in [1.54, 1.807) is 17.9 Å². The fourth-order valence-electron chi connectivity index (χ4n) is 2.19. The Labute approximate surface area is 116 Å². The smallest absolute Gasteiger partial charge is 0.264 e. The van der Waals surface area contributed by atoms with Crippen LogP contribution in [-0.4, -0.2) is 47.1 Å². The van der Waals surface area contributed by atoms with E-state index in [4.69, 9.17) is 0 Å². The van der Waals surface area contributed by atoms with Crippen molar-refractivity contribution < 1.29 is 14.7 Å². The molecule has 1 saturated heterocycles. The van der Waals surface area contributed by atoms with Crippen LogP contribution in [0.3, 0.4) is 0 Å². The maximum absolute atomic E-state index is 12.3. The third-order valence-electron chi connectivity index (χ3n) is 3.12. The lowest BCUT2D eigenvalue weighted by molar-refractivity contribution is -0.125. The molecule has 1 aliphatic rings. The number of rotatable bonds is 4. The molecule has 1 unspecified atom stereocenters. The maximum atomic E-state index is 12.3. The molecule has 1 aliphatic heterocycles. The molecule has 2 N–H and O–H groups in total. The quantitative estimate of drug-likeness (QED) is 0.860. The summed E-state index contributed by atoms with van der Waals surface area (Å²) in [7, 11) is 0. The third kappa shape index (κ3) is 3.33. The summed E-state index contributed by atoms with van der Waals surface area (Å²) >= 11 is 1.39. The first-order valence-corrected chi connectivity index (χ1v) is 7.28. The third-order valence-corrected chi connectivity index (χ3v) is 3.98. The van der Waals surface area contributed by atoms with Gasteiger partial charge in [-0.05, 0) is 31.2 Å². The van der Waals surface area contributed by atoms with Crippen molar-refractivity contribution in [3.63, 3.8) is 0 Å². The molecule has 19 heavy (non-hydrogen) atoms. The van der Waals surface area contributed by atoms with Gasteiger partial charge in [0.2, 0.25) is 5.91 Å². The average molecular weight is 282 g/mol. The van der Waals surface area contributed by atoms with Gasteiger partial charge in [-0.2, -0.15) is 0 Å². The number of carbonyl (C=O) groups is 2. The van der Waals surface area contributed by atoms with Crippen LogP contribution in [0.5, 0.6) is 0 Å². The molecule has 0 aromatic carbocycles. The Kier molecular flexibility index (Phi) is 4.55. The van der Waals surface area contributed by atoms with Crippen LogP contribution in [0.15, 0.2) is 17.5 Å². The van der Waals surface area contributed by atoms with Gasteiger partial charge in [0.25, 0.3) is 5.91 Å². The minimum atomic E-state index is -0.577. The predicted molar refractivity (Wildman–Crippen MR) is 73.1 cm³/mol. The normalized spacial score (nSPS) is 20.3. The number of nitrogens with one attached hydrogen (secondary N) is 1. The van der Waals surface area contributed by atoms with Crippen molar-refractivity contribution >= 4 is 23.2 Å². The first-order valence-electron chi connectivity index (χ1n) is 6.40. The van der Waals surface area contributed by atoms with Crippen molar-refractivity contribution in [2.45, 2.75) is 31.9 Å². The number of likely N-dealkylation sites (tertiary alicyclic amines) is 1. The van der Waals surface area contributed by atoms with E-state index in [2.05, 4.69) is 5.32 Å². The SMILES string of the molecule is CC(O)CNC(=O)[C@@H]1CCCN1C(=O)c1cccs1. The van der Waals surface area contributed by atoms with E-state index in [9.17, 15) is 14.7 Å². The van der Waals surface area contributed by atoms with Gasteiger partial charge in [0.15, 0.2) is 0 Å². The van der Waals surface area contributed by atoms with Crippen molar-refractivity contribution in [3.05, 3.63) is 22.4 Å². The predicted octanol–water partition coefficient (Wildman–Crippen LogP) is 0.850. The number of aliphatic hydroxyl groups excluding tert-OH is 1. The molecule has 0 radical (unpaired) electrons. The number of hydrogen-bond acceptors (Lipinski definition) is 4. The standard InChI is InChI=1S/C13H18N2O3S/c1-9(16)8-14-12(17)10-4-2-6-15(10)13(18)11-5-3-7-19-11/h3,5,7,9-10,16H,2,4,6,8H2,1H3,(H,14,17)/t9?,10-/m0/s1. The van der Waals surface area contributed by atoms with Crippen molar-refractivity contribution in [1.29, 1.82) is 0 Å². The second kappa shape index (κ2) is 6.16. The van der Waals surface area contributed by atoms with Crippen LogP contribution >= 0.6 is 11.3 Å². The molecule has 0 aliphatic carbocycles. The van der Waals surface area contributed by atoms with Gasteiger partial charge >= 0.3 is 0 Å². The lowest BCUT2D eigenvalue weighted by Crippen LogP contribution is -2.47. The van der Waals surface area contributed by atoms with Gasteiger partial charge < -0.3 is 15.3 Å². The van der Waals surface area contributed by atoms with Gasteiger partial charge in [0.05, 0.1) is 11.0 Å². The van der Waals surface area contributed by atoms with Gasteiger partial charge in [0, 0.05) is 13.1 Å².